The molecular weight excluding hydrogens is 304 g/mol. The molecule has 2 aromatic heterocycles. The minimum Gasteiger partial charge on any atom is -0.377 e. The van der Waals surface area contributed by atoms with E-state index in [-0.39, 0.29) is 0 Å². The van der Waals surface area contributed by atoms with Crippen molar-refractivity contribution in [3.8, 4) is 6.07 Å². The smallest absolute Gasteiger partial charge is 0.156 e. The SMILES string of the molecule is COCc1nc([C@H]2CN(c3ccc(C#N)cn3)C[C@@H]2C2CC2)n[nH]1. The summed E-state index contributed by atoms with van der Waals surface area (Å²) >= 11 is 0. The Labute approximate surface area is 140 Å². The zero-order chi connectivity index (χ0) is 16.5. The van der Waals surface area contributed by atoms with E-state index >= 15 is 0 Å². The summed E-state index contributed by atoms with van der Waals surface area (Å²) in [5, 5.41) is 16.3. The molecule has 124 valence electrons. The number of methoxy groups -OCH3 is 1. The van der Waals surface area contributed by atoms with Crippen molar-refractivity contribution >= 4 is 5.82 Å². The van der Waals surface area contributed by atoms with Crippen LogP contribution in [0.2, 0.25) is 0 Å². The molecule has 24 heavy (non-hydrogen) atoms. The van der Waals surface area contributed by atoms with E-state index < -0.39 is 0 Å². The number of aromatic amines is 1. The lowest BCUT2D eigenvalue weighted by Crippen LogP contribution is -2.21. The van der Waals surface area contributed by atoms with E-state index in [9.17, 15) is 0 Å². The van der Waals surface area contributed by atoms with Crippen molar-refractivity contribution in [2.75, 3.05) is 25.1 Å². The van der Waals surface area contributed by atoms with E-state index in [1.54, 1.807) is 13.3 Å². The number of nitriles is 1. The number of nitrogens with zero attached hydrogens (tertiary/aromatic N) is 5. The quantitative estimate of drug-likeness (QED) is 0.902. The van der Waals surface area contributed by atoms with E-state index in [4.69, 9.17) is 10.00 Å². The van der Waals surface area contributed by atoms with E-state index in [1.807, 2.05) is 12.1 Å². The predicted molar refractivity (Wildman–Crippen MR) is 87.2 cm³/mol. The van der Waals surface area contributed by atoms with Gasteiger partial charge in [0.05, 0.1) is 5.56 Å². The maximum Gasteiger partial charge on any atom is 0.156 e. The Balaban J connectivity index is 1.55. The first-order valence-electron chi connectivity index (χ1n) is 8.29. The Morgan fingerprint density at radius 2 is 2.25 bits per heavy atom. The standard InChI is InChI=1S/C17H20N6O/c1-24-10-15-20-17(22-21-15)14-9-23(8-13(14)12-3-4-12)16-5-2-11(6-18)7-19-16/h2,5,7,12-14H,3-4,8-10H2,1H3,(H,20,21,22)/t13-,14+/m1/s1. The highest BCUT2D eigenvalue weighted by atomic mass is 16.5. The summed E-state index contributed by atoms with van der Waals surface area (Å²) in [6.45, 7) is 2.29. The fourth-order valence-electron chi connectivity index (χ4n) is 3.61. The van der Waals surface area contributed by atoms with Crippen molar-refractivity contribution in [1.82, 2.24) is 20.2 Å². The molecule has 7 nitrogen and oxygen atoms in total. The van der Waals surface area contributed by atoms with Gasteiger partial charge >= 0.3 is 0 Å². The van der Waals surface area contributed by atoms with Crippen molar-refractivity contribution in [3.63, 3.8) is 0 Å². The third-order valence-corrected chi connectivity index (χ3v) is 4.96. The number of ether oxygens (including phenoxy) is 1. The Hall–Kier alpha value is -2.46. The third-order valence-electron chi connectivity index (χ3n) is 4.96. The van der Waals surface area contributed by atoms with Crippen LogP contribution in [0.3, 0.4) is 0 Å². The molecule has 1 aliphatic heterocycles. The predicted octanol–water partition coefficient (Wildman–Crippen LogP) is 1.85. The Morgan fingerprint density at radius 3 is 2.92 bits per heavy atom. The van der Waals surface area contributed by atoms with Crippen LogP contribution >= 0.6 is 0 Å². The summed E-state index contributed by atoms with van der Waals surface area (Å²) in [4.78, 5) is 11.4. The second kappa shape index (κ2) is 6.21. The molecule has 1 saturated carbocycles. The van der Waals surface area contributed by atoms with E-state index in [0.29, 0.717) is 24.0 Å². The molecule has 1 saturated heterocycles. The van der Waals surface area contributed by atoms with E-state index in [1.165, 1.54) is 12.8 Å². The lowest BCUT2D eigenvalue weighted by Gasteiger charge is -2.17. The summed E-state index contributed by atoms with van der Waals surface area (Å²) in [5.74, 6) is 4.23. The molecule has 2 aromatic rings. The number of rotatable bonds is 5. The highest BCUT2D eigenvalue weighted by molar-refractivity contribution is 5.44. The van der Waals surface area contributed by atoms with Crippen molar-refractivity contribution < 1.29 is 4.74 Å². The van der Waals surface area contributed by atoms with E-state index in [0.717, 1.165) is 36.5 Å². The first kappa shape index (κ1) is 15.1. The lowest BCUT2D eigenvalue weighted by molar-refractivity contribution is 0.178. The third kappa shape index (κ3) is 2.85. The molecule has 0 radical (unpaired) electrons. The van der Waals surface area contributed by atoms with Crippen LogP contribution in [-0.4, -0.2) is 40.4 Å². The summed E-state index contributed by atoms with van der Waals surface area (Å²) < 4.78 is 5.12. The van der Waals surface area contributed by atoms with Gasteiger partial charge in [0.1, 0.15) is 18.5 Å². The monoisotopic (exact) mass is 324 g/mol. The number of H-pyrrole nitrogens is 1. The fraction of sp³-hybridized carbons (Fsp3) is 0.529. The van der Waals surface area contributed by atoms with Crippen LogP contribution in [0.5, 0.6) is 0 Å². The normalized spacial score (nSPS) is 23.4. The summed E-state index contributed by atoms with van der Waals surface area (Å²) in [6, 6.07) is 5.87. The van der Waals surface area contributed by atoms with E-state index in [2.05, 4.69) is 31.1 Å². The van der Waals surface area contributed by atoms with Gasteiger partial charge in [0.2, 0.25) is 0 Å². The van der Waals surface area contributed by atoms with Crippen molar-refractivity contribution in [3.05, 3.63) is 35.5 Å². The molecule has 7 heteroatoms. The van der Waals surface area contributed by atoms with Crippen LogP contribution in [-0.2, 0) is 11.3 Å². The lowest BCUT2D eigenvalue weighted by atomic mass is 9.91. The molecule has 1 aliphatic carbocycles. The summed E-state index contributed by atoms with van der Waals surface area (Å²) in [7, 11) is 1.66. The topological polar surface area (TPSA) is 90.7 Å². The zero-order valence-corrected chi connectivity index (χ0v) is 13.6. The second-order valence-corrected chi connectivity index (χ2v) is 6.60. The van der Waals surface area contributed by atoms with Crippen LogP contribution < -0.4 is 4.90 Å². The van der Waals surface area contributed by atoms with Crippen LogP contribution in [0.15, 0.2) is 18.3 Å². The highest BCUT2D eigenvalue weighted by Crippen LogP contribution is 2.47. The average Bonchev–Trinajstić information content (AvgIpc) is 3.19. The van der Waals surface area contributed by atoms with Gasteiger partial charge in [0.25, 0.3) is 0 Å². The van der Waals surface area contributed by atoms with Crippen LogP contribution in [0.4, 0.5) is 5.82 Å². The molecule has 0 amide bonds. The fourth-order valence-corrected chi connectivity index (χ4v) is 3.61. The molecule has 2 fully saturated rings. The Morgan fingerprint density at radius 1 is 1.38 bits per heavy atom. The summed E-state index contributed by atoms with van der Waals surface area (Å²) in [5.41, 5.74) is 0.589. The Kier molecular flexibility index (Phi) is 3.90. The Bertz CT molecular complexity index is 745. The molecule has 0 bridgehead atoms. The van der Waals surface area contributed by atoms with Crippen LogP contribution in [0, 0.1) is 23.2 Å². The largest absolute Gasteiger partial charge is 0.377 e. The highest BCUT2D eigenvalue weighted by Gasteiger charge is 2.45. The zero-order valence-electron chi connectivity index (χ0n) is 13.6. The van der Waals surface area contributed by atoms with Gasteiger partial charge in [0, 0.05) is 32.3 Å². The van der Waals surface area contributed by atoms with Gasteiger partial charge in [-0.2, -0.15) is 10.4 Å². The molecule has 1 N–H and O–H groups in total. The summed E-state index contributed by atoms with van der Waals surface area (Å²) in [6.07, 6.45) is 4.23. The van der Waals surface area contributed by atoms with Gasteiger partial charge in [-0.05, 0) is 36.8 Å². The first-order valence-corrected chi connectivity index (χ1v) is 8.29. The number of hydrogen-bond donors (Lipinski definition) is 1. The average molecular weight is 324 g/mol. The number of aromatic nitrogens is 4. The number of pyridine rings is 1. The van der Waals surface area contributed by atoms with Gasteiger partial charge in [-0.1, -0.05) is 0 Å². The van der Waals surface area contributed by atoms with Crippen LogP contribution in [0.25, 0.3) is 0 Å². The minimum absolute atomic E-state index is 0.316. The van der Waals surface area contributed by atoms with Gasteiger partial charge in [-0.3, -0.25) is 5.10 Å². The van der Waals surface area contributed by atoms with Gasteiger partial charge in [-0.25, -0.2) is 9.97 Å². The van der Waals surface area contributed by atoms with Crippen molar-refractivity contribution in [2.45, 2.75) is 25.4 Å². The second-order valence-electron chi connectivity index (χ2n) is 6.60. The minimum atomic E-state index is 0.316. The van der Waals surface area contributed by atoms with Crippen LogP contribution in [0.1, 0.15) is 36.0 Å². The van der Waals surface area contributed by atoms with Gasteiger partial charge in [-0.15, -0.1) is 0 Å². The number of hydrogen-bond acceptors (Lipinski definition) is 6. The first-order chi connectivity index (χ1) is 11.8. The number of nitrogens with one attached hydrogen (secondary N) is 1. The molecular formula is C17H20N6O. The maximum atomic E-state index is 8.92. The molecule has 3 heterocycles. The number of anilines is 1. The molecule has 0 spiro atoms. The van der Waals surface area contributed by atoms with Crippen molar-refractivity contribution in [1.29, 1.82) is 5.26 Å². The molecule has 0 aromatic carbocycles. The molecule has 2 aliphatic rings. The molecule has 0 unspecified atom stereocenters. The molecule has 4 rings (SSSR count). The van der Waals surface area contributed by atoms with Crippen molar-refractivity contribution in [2.24, 2.45) is 11.8 Å². The van der Waals surface area contributed by atoms with Gasteiger partial charge in [0.15, 0.2) is 11.6 Å². The molecule has 2 atom stereocenters. The van der Waals surface area contributed by atoms with Gasteiger partial charge < -0.3 is 9.64 Å². The maximum absolute atomic E-state index is 8.92.